The molecule has 0 aliphatic rings. The molecule has 4 rings (SSSR count). The lowest BCUT2D eigenvalue weighted by atomic mass is 10.1. The Kier molecular flexibility index (Phi) is 5.68. The maximum atomic E-state index is 13.3. The molecule has 0 N–H and O–H groups in total. The average molecular weight is 431 g/mol. The van der Waals surface area contributed by atoms with Crippen molar-refractivity contribution in [3.8, 4) is 0 Å². The van der Waals surface area contributed by atoms with E-state index in [0.717, 1.165) is 15.8 Å². The summed E-state index contributed by atoms with van der Waals surface area (Å²) in [5.41, 5.74) is 3.40. The van der Waals surface area contributed by atoms with Crippen molar-refractivity contribution < 1.29 is 14.0 Å². The van der Waals surface area contributed by atoms with Crippen LogP contribution in [0.5, 0.6) is 0 Å². The lowest BCUT2D eigenvalue weighted by Gasteiger charge is -2.14. The topological polar surface area (TPSA) is 62.6 Å². The van der Waals surface area contributed by atoms with Gasteiger partial charge in [-0.1, -0.05) is 41.7 Å². The number of carbonyl (C=O) groups excluding carboxylic acids is 2. The van der Waals surface area contributed by atoms with Crippen LogP contribution >= 0.6 is 11.3 Å². The van der Waals surface area contributed by atoms with E-state index in [4.69, 9.17) is 0 Å². The highest BCUT2D eigenvalue weighted by atomic mass is 32.1. The van der Waals surface area contributed by atoms with Gasteiger partial charge in [0.15, 0.2) is 5.78 Å². The standard InChI is InChI=1S/C24H18FN3O2S/c1-15-3-12-21-22(13-15)31-24(27-21)28(26-14-17-4-10-20(25)11-5-17)23(30)19-8-6-18(7-9-19)16(2)29/h3-14H,1-2H3/b26-14+. The molecule has 0 unspecified atom stereocenters. The fraction of sp³-hybridized carbons (Fsp3) is 0.0833. The first kappa shape index (κ1) is 20.6. The Morgan fingerprint density at radius 2 is 1.68 bits per heavy atom. The van der Waals surface area contributed by atoms with Gasteiger partial charge in [-0.05, 0) is 61.4 Å². The Bertz CT molecular complexity index is 1290. The number of hydrazone groups is 1. The number of anilines is 1. The highest BCUT2D eigenvalue weighted by Gasteiger charge is 2.21. The third-order valence-electron chi connectivity index (χ3n) is 4.64. The number of thiazole rings is 1. The number of benzene rings is 3. The van der Waals surface area contributed by atoms with Gasteiger partial charge >= 0.3 is 0 Å². The van der Waals surface area contributed by atoms with Gasteiger partial charge < -0.3 is 0 Å². The number of halogens is 1. The molecule has 154 valence electrons. The molecule has 1 heterocycles. The van der Waals surface area contributed by atoms with Crippen molar-refractivity contribution in [2.45, 2.75) is 13.8 Å². The second-order valence-corrected chi connectivity index (χ2v) is 8.02. The molecule has 5 nitrogen and oxygen atoms in total. The number of aromatic nitrogens is 1. The molecule has 3 aromatic carbocycles. The first-order chi connectivity index (χ1) is 14.9. The van der Waals surface area contributed by atoms with Crippen LogP contribution < -0.4 is 5.01 Å². The highest BCUT2D eigenvalue weighted by molar-refractivity contribution is 7.22. The van der Waals surface area contributed by atoms with E-state index >= 15 is 0 Å². The number of carbonyl (C=O) groups is 2. The molecule has 0 aliphatic carbocycles. The predicted octanol–water partition coefficient (Wildman–Crippen LogP) is 5.63. The van der Waals surface area contributed by atoms with Crippen molar-refractivity contribution in [3.05, 3.63) is 94.8 Å². The molecule has 1 amide bonds. The maximum absolute atomic E-state index is 13.3. The molecule has 0 fully saturated rings. The van der Waals surface area contributed by atoms with E-state index < -0.39 is 0 Å². The zero-order chi connectivity index (χ0) is 22.0. The normalized spacial score (nSPS) is 11.2. The minimum absolute atomic E-state index is 0.0771. The minimum Gasteiger partial charge on any atom is -0.295 e. The summed E-state index contributed by atoms with van der Waals surface area (Å²) in [4.78, 5) is 29.4. The fourth-order valence-electron chi connectivity index (χ4n) is 2.94. The SMILES string of the molecule is CC(=O)c1ccc(C(=O)N(/N=C/c2ccc(F)cc2)c2nc3ccc(C)cc3s2)cc1. The van der Waals surface area contributed by atoms with E-state index in [-0.39, 0.29) is 17.5 Å². The van der Waals surface area contributed by atoms with Crippen LogP contribution in [0.25, 0.3) is 10.2 Å². The Morgan fingerprint density at radius 1 is 1.00 bits per heavy atom. The van der Waals surface area contributed by atoms with Gasteiger partial charge in [0.2, 0.25) is 5.13 Å². The molecule has 31 heavy (non-hydrogen) atoms. The molecular weight excluding hydrogens is 413 g/mol. The quantitative estimate of drug-likeness (QED) is 0.234. The van der Waals surface area contributed by atoms with Crippen LogP contribution in [-0.2, 0) is 0 Å². The van der Waals surface area contributed by atoms with Crippen LogP contribution in [0.3, 0.4) is 0 Å². The summed E-state index contributed by atoms with van der Waals surface area (Å²) in [6.07, 6.45) is 1.48. The molecule has 0 atom stereocenters. The van der Waals surface area contributed by atoms with Gasteiger partial charge in [-0.25, -0.2) is 9.37 Å². The molecule has 7 heteroatoms. The van der Waals surface area contributed by atoms with Crippen molar-refractivity contribution in [1.29, 1.82) is 0 Å². The number of ketones is 1. The summed E-state index contributed by atoms with van der Waals surface area (Å²) in [6.45, 7) is 3.46. The minimum atomic E-state index is -0.385. The molecule has 0 saturated heterocycles. The van der Waals surface area contributed by atoms with E-state index in [0.29, 0.717) is 21.8 Å². The first-order valence-corrected chi connectivity index (χ1v) is 10.3. The molecular formula is C24H18FN3O2S. The van der Waals surface area contributed by atoms with Gasteiger partial charge in [-0.2, -0.15) is 10.1 Å². The van der Waals surface area contributed by atoms with Crippen LogP contribution in [-0.4, -0.2) is 22.9 Å². The van der Waals surface area contributed by atoms with Gasteiger partial charge in [0.1, 0.15) is 5.82 Å². The van der Waals surface area contributed by atoms with Crippen molar-refractivity contribution in [2.75, 3.05) is 5.01 Å². The Morgan fingerprint density at radius 3 is 2.35 bits per heavy atom. The largest absolute Gasteiger partial charge is 0.295 e. The molecule has 0 aliphatic heterocycles. The summed E-state index contributed by atoms with van der Waals surface area (Å²) >= 11 is 1.35. The molecule has 0 spiro atoms. The van der Waals surface area contributed by atoms with Gasteiger partial charge in [0.05, 0.1) is 16.4 Å². The number of nitrogens with zero attached hydrogens (tertiary/aromatic N) is 3. The third kappa shape index (κ3) is 4.57. The summed E-state index contributed by atoms with van der Waals surface area (Å²) in [5.74, 6) is -0.812. The van der Waals surface area contributed by atoms with Crippen molar-refractivity contribution in [2.24, 2.45) is 5.10 Å². The van der Waals surface area contributed by atoms with Gasteiger partial charge in [-0.15, -0.1) is 0 Å². The van der Waals surface area contributed by atoms with Gasteiger partial charge in [0, 0.05) is 11.1 Å². The predicted molar refractivity (Wildman–Crippen MR) is 122 cm³/mol. The molecule has 0 bridgehead atoms. The second kappa shape index (κ2) is 8.57. The highest BCUT2D eigenvalue weighted by Crippen LogP contribution is 2.30. The molecule has 1 aromatic heterocycles. The van der Waals surface area contributed by atoms with Crippen molar-refractivity contribution in [3.63, 3.8) is 0 Å². The average Bonchev–Trinajstić information content (AvgIpc) is 3.17. The summed E-state index contributed by atoms with van der Waals surface area (Å²) in [6, 6.07) is 18.1. The van der Waals surface area contributed by atoms with Crippen LogP contribution in [0.2, 0.25) is 0 Å². The zero-order valence-corrected chi connectivity index (χ0v) is 17.7. The first-order valence-electron chi connectivity index (χ1n) is 9.53. The zero-order valence-electron chi connectivity index (χ0n) is 16.9. The van der Waals surface area contributed by atoms with E-state index in [1.165, 1.54) is 41.6 Å². The summed E-state index contributed by atoms with van der Waals surface area (Å²) < 4.78 is 14.1. The van der Waals surface area contributed by atoms with Gasteiger partial charge in [-0.3, -0.25) is 9.59 Å². The van der Waals surface area contributed by atoms with E-state index in [1.807, 2.05) is 25.1 Å². The van der Waals surface area contributed by atoms with E-state index in [2.05, 4.69) is 10.1 Å². The molecule has 0 radical (unpaired) electrons. The van der Waals surface area contributed by atoms with Gasteiger partial charge in [0.25, 0.3) is 5.91 Å². The monoisotopic (exact) mass is 431 g/mol. The number of hydrogen-bond donors (Lipinski definition) is 0. The molecule has 4 aromatic rings. The Labute approximate surface area is 182 Å². The lowest BCUT2D eigenvalue weighted by molar-refractivity contribution is 0.0983. The van der Waals surface area contributed by atoms with Crippen molar-refractivity contribution >= 4 is 44.6 Å². The van der Waals surface area contributed by atoms with Crippen molar-refractivity contribution in [1.82, 2.24) is 4.98 Å². The van der Waals surface area contributed by atoms with Crippen LogP contribution in [0.1, 0.15) is 38.8 Å². The number of fused-ring (bicyclic) bond motifs is 1. The fourth-order valence-corrected chi connectivity index (χ4v) is 3.96. The Hall–Kier alpha value is -3.71. The summed E-state index contributed by atoms with van der Waals surface area (Å²) in [7, 11) is 0. The summed E-state index contributed by atoms with van der Waals surface area (Å²) in [5, 5.41) is 6.01. The number of amides is 1. The maximum Gasteiger partial charge on any atom is 0.280 e. The van der Waals surface area contributed by atoms with E-state index in [9.17, 15) is 14.0 Å². The van der Waals surface area contributed by atoms with E-state index in [1.54, 1.807) is 36.4 Å². The number of hydrogen-bond acceptors (Lipinski definition) is 5. The number of rotatable bonds is 5. The van der Waals surface area contributed by atoms with Crippen LogP contribution in [0.4, 0.5) is 9.52 Å². The van der Waals surface area contributed by atoms with Crippen LogP contribution in [0.15, 0.2) is 71.8 Å². The lowest BCUT2D eigenvalue weighted by Crippen LogP contribution is -2.25. The molecule has 0 saturated carbocycles. The number of Topliss-reactive ketones (excluding diaryl/α,β-unsaturated/α-hetero) is 1. The number of aryl methyl sites for hydroxylation is 1. The third-order valence-corrected chi connectivity index (χ3v) is 5.63. The Balaban J connectivity index is 1.74. The van der Waals surface area contributed by atoms with Crippen LogP contribution in [0, 0.1) is 12.7 Å². The second-order valence-electron chi connectivity index (χ2n) is 7.01. The smallest absolute Gasteiger partial charge is 0.280 e.